The average Bonchev–Trinajstić information content (AvgIpc) is 2.87. The first kappa shape index (κ1) is 36.3. The number of likely N-dealkylation sites (N-methyl/N-ethyl adjacent to an activating group) is 2. The molecule has 0 atom stereocenters. The maximum atomic E-state index is 12.5. The van der Waals surface area contributed by atoms with Gasteiger partial charge in [-0.25, -0.2) is 19.2 Å². The predicted octanol–water partition coefficient (Wildman–Crippen LogP) is -0.234. The van der Waals surface area contributed by atoms with Gasteiger partial charge in [0.25, 0.3) is 0 Å². The molecule has 41 heavy (non-hydrogen) atoms. The van der Waals surface area contributed by atoms with Crippen molar-refractivity contribution in [1.29, 1.82) is 21.0 Å². The van der Waals surface area contributed by atoms with Crippen LogP contribution in [-0.4, -0.2) is 120 Å². The van der Waals surface area contributed by atoms with Gasteiger partial charge in [-0.05, 0) is 6.92 Å². The minimum atomic E-state index is -1.52. The minimum Gasteiger partial charge on any atom is -0.460 e. The van der Waals surface area contributed by atoms with Crippen LogP contribution in [-0.2, 0) is 33.3 Å². The van der Waals surface area contributed by atoms with Crippen LogP contribution in [0.3, 0.4) is 0 Å². The van der Waals surface area contributed by atoms with Crippen LogP contribution in [0.1, 0.15) is 6.92 Å². The molecule has 0 unspecified atom stereocenters. The minimum absolute atomic E-state index is 0.00905. The van der Waals surface area contributed by atoms with Crippen LogP contribution in [0.5, 0.6) is 0 Å². The molecule has 15 nitrogen and oxygen atoms in total. The molecule has 0 aliphatic rings. The van der Waals surface area contributed by atoms with Gasteiger partial charge in [0.2, 0.25) is 17.9 Å². The van der Waals surface area contributed by atoms with Crippen molar-refractivity contribution in [3.8, 4) is 24.3 Å². The molecule has 0 rings (SSSR count). The number of esters is 3. The number of amides is 1. The second-order valence-electron chi connectivity index (χ2n) is 10.3. The maximum Gasteiger partial charge on any atom is 0.407 e. The lowest BCUT2D eigenvalue weighted by atomic mass is 10.2. The summed E-state index contributed by atoms with van der Waals surface area (Å²) < 4.78 is 21.1. The molecular formula is C26H37N7O8+2. The first-order valence-corrected chi connectivity index (χ1v) is 12.4. The fourth-order valence-corrected chi connectivity index (χ4v) is 3.25. The van der Waals surface area contributed by atoms with E-state index in [9.17, 15) is 19.2 Å². The average molecular weight is 576 g/mol. The molecule has 0 aliphatic heterocycles. The van der Waals surface area contributed by atoms with E-state index in [-0.39, 0.29) is 67.1 Å². The molecule has 0 radical (unpaired) electrons. The molecule has 1 N–H and O–H groups in total. The molecule has 0 saturated heterocycles. The van der Waals surface area contributed by atoms with Crippen LogP contribution in [0.25, 0.3) is 0 Å². The number of hydrogen-bond acceptors (Lipinski definition) is 12. The van der Waals surface area contributed by atoms with Crippen molar-refractivity contribution >= 4 is 24.0 Å². The molecule has 0 aromatic rings. The van der Waals surface area contributed by atoms with Crippen LogP contribution >= 0.6 is 0 Å². The summed E-state index contributed by atoms with van der Waals surface area (Å²) >= 11 is 0. The molecule has 0 fully saturated rings. The SMILES string of the molecule is C=C(C)C(=O)OCCNC(=O)OC(C[N+](C)(C)CCOC(=O)C(C#N)C#N)C[N+](C)(C)CCOC(=O)C(C#N)C#N. The molecule has 15 heteroatoms. The Hall–Kier alpha value is -4.70. The Bertz CT molecular complexity index is 1030. The van der Waals surface area contributed by atoms with E-state index in [2.05, 4.69) is 11.9 Å². The summed E-state index contributed by atoms with van der Waals surface area (Å²) in [4.78, 5) is 47.6. The van der Waals surface area contributed by atoms with Crippen LogP contribution in [0, 0.1) is 57.2 Å². The summed E-state index contributed by atoms with van der Waals surface area (Å²) in [7, 11) is 7.21. The van der Waals surface area contributed by atoms with Gasteiger partial charge in [-0.15, -0.1) is 0 Å². The first-order chi connectivity index (χ1) is 19.1. The van der Waals surface area contributed by atoms with Gasteiger partial charge in [-0.2, -0.15) is 21.0 Å². The topological polar surface area (TPSA) is 212 Å². The van der Waals surface area contributed by atoms with E-state index in [0.29, 0.717) is 0 Å². The maximum absolute atomic E-state index is 12.5. The van der Waals surface area contributed by atoms with Crippen LogP contribution in [0.2, 0.25) is 0 Å². The van der Waals surface area contributed by atoms with E-state index in [0.717, 1.165) is 0 Å². The molecule has 0 aliphatic carbocycles. The van der Waals surface area contributed by atoms with Crippen molar-refractivity contribution < 1.29 is 47.1 Å². The highest BCUT2D eigenvalue weighted by atomic mass is 16.6. The summed E-state index contributed by atoms with van der Waals surface area (Å²) in [5.41, 5.74) is 0.218. The highest BCUT2D eigenvalue weighted by Gasteiger charge is 2.32. The molecule has 0 saturated carbocycles. The lowest BCUT2D eigenvalue weighted by molar-refractivity contribution is -0.914. The van der Waals surface area contributed by atoms with Gasteiger partial charge in [0.15, 0.2) is 0 Å². The third-order valence-electron chi connectivity index (χ3n) is 5.49. The van der Waals surface area contributed by atoms with Crippen molar-refractivity contribution in [2.75, 3.05) is 80.7 Å². The molecular weight excluding hydrogens is 538 g/mol. The molecule has 0 bridgehead atoms. The summed E-state index contributed by atoms with van der Waals surface area (Å²) in [6.45, 7) is 5.71. The number of ether oxygens (including phenoxy) is 4. The molecule has 0 spiro atoms. The standard InChI is InChI=1S/C26H36N7O8/c1-19(2)23(34)38-10-7-31-26(37)41-22(17-32(3,4)8-11-39-24(35)20(13-27)14-28)18-33(5,6)9-12-40-25(36)21(15-29)16-30/h20-22H,1,7-12,17-18H2,2-6H3/q+1/p+1. The Morgan fingerprint density at radius 1 is 0.756 bits per heavy atom. The summed E-state index contributed by atoms with van der Waals surface area (Å²) in [6, 6.07) is 6.18. The number of nitrogens with one attached hydrogen (secondary N) is 1. The second kappa shape index (κ2) is 17.8. The number of carbonyl (C=O) groups is 4. The van der Waals surface area contributed by atoms with Crippen molar-refractivity contribution in [3.05, 3.63) is 12.2 Å². The Morgan fingerprint density at radius 3 is 1.54 bits per heavy atom. The number of nitrogens with zero attached hydrogens (tertiary/aromatic N) is 6. The summed E-state index contributed by atoms with van der Waals surface area (Å²) in [6.07, 6.45) is -1.47. The Labute approximate surface area is 239 Å². The number of nitriles is 4. The van der Waals surface area contributed by atoms with E-state index >= 15 is 0 Å². The number of rotatable bonds is 17. The summed E-state index contributed by atoms with van der Waals surface area (Å²) in [5, 5.41) is 37.8. The highest BCUT2D eigenvalue weighted by molar-refractivity contribution is 5.86. The van der Waals surface area contributed by atoms with Crippen molar-refractivity contribution in [1.82, 2.24) is 5.32 Å². The van der Waals surface area contributed by atoms with Crippen LogP contribution in [0.15, 0.2) is 12.2 Å². The Morgan fingerprint density at radius 2 is 1.17 bits per heavy atom. The zero-order chi connectivity index (χ0) is 31.6. The van der Waals surface area contributed by atoms with Gasteiger partial charge in [0, 0.05) is 5.57 Å². The zero-order valence-corrected chi connectivity index (χ0v) is 24.0. The number of quaternary nitrogens is 2. The van der Waals surface area contributed by atoms with E-state index in [1.54, 1.807) is 52.5 Å². The second-order valence-corrected chi connectivity index (χ2v) is 10.3. The third kappa shape index (κ3) is 15.5. The fraction of sp³-hybridized carbons (Fsp3) is 0.615. The Balaban J connectivity index is 5.31. The normalized spacial score (nSPS) is 10.9. The number of hydrogen-bond donors (Lipinski definition) is 1. The van der Waals surface area contributed by atoms with E-state index < -0.39 is 41.9 Å². The quantitative estimate of drug-likeness (QED) is 0.0783. The lowest BCUT2D eigenvalue weighted by Gasteiger charge is -2.37. The van der Waals surface area contributed by atoms with Gasteiger partial charge < -0.3 is 33.2 Å². The van der Waals surface area contributed by atoms with E-state index in [4.69, 9.17) is 40.0 Å². The van der Waals surface area contributed by atoms with Crippen molar-refractivity contribution in [2.45, 2.75) is 13.0 Å². The predicted molar refractivity (Wildman–Crippen MR) is 139 cm³/mol. The molecule has 0 aromatic carbocycles. The smallest absolute Gasteiger partial charge is 0.407 e. The molecule has 0 aromatic heterocycles. The molecule has 222 valence electrons. The molecule has 0 heterocycles. The number of alkyl carbamates (subject to hydrolysis) is 1. The van der Waals surface area contributed by atoms with Crippen molar-refractivity contribution in [2.24, 2.45) is 11.8 Å². The largest absolute Gasteiger partial charge is 0.460 e. The van der Waals surface area contributed by atoms with Gasteiger partial charge in [-0.1, -0.05) is 6.58 Å². The van der Waals surface area contributed by atoms with Gasteiger partial charge in [-0.3, -0.25) is 0 Å². The van der Waals surface area contributed by atoms with Gasteiger partial charge in [0.05, 0.1) is 59.0 Å². The lowest BCUT2D eigenvalue weighted by Crippen LogP contribution is -2.56. The van der Waals surface area contributed by atoms with E-state index in [1.165, 1.54) is 6.92 Å². The van der Waals surface area contributed by atoms with Crippen molar-refractivity contribution in [3.63, 3.8) is 0 Å². The van der Waals surface area contributed by atoms with E-state index in [1.807, 2.05) is 0 Å². The fourth-order valence-electron chi connectivity index (χ4n) is 3.25. The monoisotopic (exact) mass is 575 g/mol. The van der Waals surface area contributed by atoms with Crippen LogP contribution < -0.4 is 5.32 Å². The first-order valence-electron chi connectivity index (χ1n) is 12.4. The summed E-state index contributed by atoms with van der Waals surface area (Å²) in [5.74, 6) is -5.54. The zero-order valence-electron chi connectivity index (χ0n) is 24.0. The van der Waals surface area contributed by atoms with Gasteiger partial charge >= 0.3 is 24.0 Å². The number of carbonyl (C=O) groups excluding carboxylic acids is 4. The third-order valence-corrected chi connectivity index (χ3v) is 5.49. The molecule has 1 amide bonds. The van der Waals surface area contributed by atoms with Gasteiger partial charge in [0.1, 0.15) is 46.0 Å². The highest BCUT2D eigenvalue weighted by Crippen LogP contribution is 2.10. The Kier molecular flexibility index (Phi) is 15.8. The van der Waals surface area contributed by atoms with Crippen LogP contribution in [0.4, 0.5) is 4.79 Å².